The van der Waals surface area contributed by atoms with Crippen LogP contribution >= 0.6 is 0 Å². The predicted octanol–water partition coefficient (Wildman–Crippen LogP) is 2.37. The molecular weight excluding hydrogens is 406 g/mol. The lowest BCUT2D eigenvalue weighted by molar-refractivity contribution is -0.115. The first-order valence-electron chi connectivity index (χ1n) is 9.21. The van der Waals surface area contributed by atoms with Crippen molar-refractivity contribution in [1.29, 1.82) is 0 Å². The number of aromatic nitrogens is 1. The van der Waals surface area contributed by atoms with Crippen LogP contribution in [0.5, 0.6) is 0 Å². The summed E-state index contributed by atoms with van der Waals surface area (Å²) in [6.45, 7) is 5.22. The molecule has 0 bridgehead atoms. The molecule has 1 aromatic heterocycles. The summed E-state index contributed by atoms with van der Waals surface area (Å²) in [6, 6.07) is 4.20. The number of anilines is 2. The monoisotopic (exact) mass is 429 g/mol. The second kappa shape index (κ2) is 9.70. The van der Waals surface area contributed by atoms with Crippen molar-refractivity contribution in [2.24, 2.45) is 0 Å². The van der Waals surface area contributed by atoms with E-state index in [0.717, 1.165) is 0 Å². The molecule has 0 saturated carbocycles. The fourth-order valence-corrected chi connectivity index (χ4v) is 3.02. The van der Waals surface area contributed by atoms with Crippen molar-refractivity contribution in [3.8, 4) is 0 Å². The maximum absolute atomic E-state index is 12.5. The molecular formula is C21H23N3O7. The molecule has 2 amide bonds. The number of carbonyl (C=O) groups excluding carboxylic acids is 5. The third-order valence-corrected chi connectivity index (χ3v) is 4.25. The Morgan fingerprint density at radius 3 is 1.94 bits per heavy atom. The Labute approximate surface area is 178 Å². The number of Topliss-reactive ketones (excluding diaryl/α,β-unsaturated/α-hetero) is 1. The minimum Gasteiger partial charge on any atom is -0.465 e. The summed E-state index contributed by atoms with van der Waals surface area (Å²) in [5, 5.41) is 5.05. The second-order valence-electron chi connectivity index (χ2n) is 6.78. The number of hydrogen-bond donors (Lipinski definition) is 3. The van der Waals surface area contributed by atoms with Crippen LogP contribution in [-0.2, 0) is 19.1 Å². The van der Waals surface area contributed by atoms with Crippen molar-refractivity contribution in [2.75, 3.05) is 24.4 Å². The highest BCUT2D eigenvalue weighted by atomic mass is 16.5. The standard InChI is InChI=1S/C21H23N3O7/c1-10-18(21(29)30-5)11(2)22-19(10)17(27)9-31-20(28)14-6-15(23-12(3)25)8-16(7-14)24-13(4)26/h6-8,22H,9H2,1-5H3,(H,23,25)(H,24,26). The second-order valence-corrected chi connectivity index (χ2v) is 6.78. The van der Waals surface area contributed by atoms with Crippen LogP contribution in [0.25, 0.3) is 0 Å². The lowest BCUT2D eigenvalue weighted by Gasteiger charge is -2.10. The number of amides is 2. The fourth-order valence-electron chi connectivity index (χ4n) is 3.02. The van der Waals surface area contributed by atoms with Gasteiger partial charge in [0.25, 0.3) is 0 Å². The molecule has 0 aliphatic rings. The van der Waals surface area contributed by atoms with Gasteiger partial charge in [-0.15, -0.1) is 0 Å². The van der Waals surface area contributed by atoms with E-state index < -0.39 is 24.3 Å². The van der Waals surface area contributed by atoms with Crippen molar-refractivity contribution in [2.45, 2.75) is 27.7 Å². The van der Waals surface area contributed by atoms with E-state index in [0.29, 0.717) is 11.3 Å². The Kier molecular flexibility index (Phi) is 7.30. The molecule has 164 valence electrons. The minimum atomic E-state index is -0.832. The van der Waals surface area contributed by atoms with Crippen LogP contribution in [0, 0.1) is 13.8 Å². The molecule has 2 rings (SSSR count). The minimum absolute atomic E-state index is 0.0254. The first kappa shape index (κ1) is 23.3. The average Bonchev–Trinajstić information content (AvgIpc) is 2.98. The number of hydrogen-bond acceptors (Lipinski definition) is 7. The van der Waals surface area contributed by atoms with Gasteiger partial charge in [0, 0.05) is 30.9 Å². The summed E-state index contributed by atoms with van der Waals surface area (Å²) in [7, 11) is 1.24. The Hall–Kier alpha value is -3.95. The number of esters is 2. The molecule has 0 aliphatic heterocycles. The smallest absolute Gasteiger partial charge is 0.339 e. The number of nitrogens with one attached hydrogen (secondary N) is 3. The zero-order chi connectivity index (χ0) is 23.3. The molecule has 0 radical (unpaired) electrons. The lowest BCUT2D eigenvalue weighted by atomic mass is 10.1. The molecule has 1 aromatic carbocycles. The number of ketones is 1. The van der Waals surface area contributed by atoms with Gasteiger partial charge in [0.05, 0.1) is 23.9 Å². The Bertz CT molecular complexity index is 1030. The topological polar surface area (TPSA) is 144 Å². The molecule has 10 heteroatoms. The molecule has 0 saturated heterocycles. The maximum Gasteiger partial charge on any atom is 0.339 e. The zero-order valence-electron chi connectivity index (χ0n) is 17.8. The summed E-state index contributed by atoms with van der Waals surface area (Å²) in [5.74, 6) is -2.69. The average molecular weight is 429 g/mol. The van der Waals surface area contributed by atoms with Crippen LogP contribution < -0.4 is 10.6 Å². The largest absolute Gasteiger partial charge is 0.465 e. The molecule has 3 N–H and O–H groups in total. The van der Waals surface area contributed by atoms with E-state index in [1.54, 1.807) is 13.8 Å². The SMILES string of the molecule is COC(=O)c1c(C)[nH]c(C(=O)COC(=O)c2cc(NC(C)=O)cc(NC(C)=O)c2)c1C. The van der Waals surface area contributed by atoms with Gasteiger partial charge in [0.2, 0.25) is 17.6 Å². The Morgan fingerprint density at radius 1 is 0.903 bits per heavy atom. The van der Waals surface area contributed by atoms with Crippen molar-refractivity contribution < 1.29 is 33.4 Å². The Morgan fingerprint density at radius 2 is 1.45 bits per heavy atom. The third-order valence-electron chi connectivity index (χ3n) is 4.25. The predicted molar refractivity (Wildman–Crippen MR) is 111 cm³/mol. The van der Waals surface area contributed by atoms with Crippen LogP contribution in [0.1, 0.15) is 56.3 Å². The van der Waals surface area contributed by atoms with E-state index >= 15 is 0 Å². The molecule has 0 spiro atoms. The van der Waals surface area contributed by atoms with Crippen molar-refractivity contribution in [1.82, 2.24) is 4.98 Å². The van der Waals surface area contributed by atoms with Gasteiger partial charge < -0.3 is 25.1 Å². The number of rotatable bonds is 7. The first-order valence-corrected chi connectivity index (χ1v) is 9.21. The molecule has 0 fully saturated rings. The third kappa shape index (κ3) is 5.78. The summed E-state index contributed by atoms with van der Waals surface area (Å²) in [6.07, 6.45) is 0. The van der Waals surface area contributed by atoms with Gasteiger partial charge in [-0.3, -0.25) is 14.4 Å². The lowest BCUT2D eigenvalue weighted by Crippen LogP contribution is -2.17. The summed E-state index contributed by atoms with van der Waals surface area (Å²) < 4.78 is 9.81. The van der Waals surface area contributed by atoms with Crippen molar-refractivity contribution in [3.05, 3.63) is 46.3 Å². The van der Waals surface area contributed by atoms with Crippen LogP contribution in [0.4, 0.5) is 11.4 Å². The van der Waals surface area contributed by atoms with E-state index in [9.17, 15) is 24.0 Å². The zero-order valence-corrected chi connectivity index (χ0v) is 17.8. The van der Waals surface area contributed by atoms with Crippen LogP contribution in [-0.4, -0.2) is 48.2 Å². The van der Waals surface area contributed by atoms with Crippen LogP contribution in [0.3, 0.4) is 0 Å². The normalized spacial score (nSPS) is 10.2. The van der Waals surface area contributed by atoms with Gasteiger partial charge in [-0.05, 0) is 37.6 Å². The number of H-pyrrole nitrogens is 1. The number of methoxy groups -OCH3 is 1. The number of aryl methyl sites for hydroxylation is 1. The van der Waals surface area contributed by atoms with Gasteiger partial charge in [-0.1, -0.05) is 0 Å². The first-order chi connectivity index (χ1) is 14.5. The van der Waals surface area contributed by atoms with Gasteiger partial charge in [-0.2, -0.15) is 0 Å². The highest BCUT2D eigenvalue weighted by Crippen LogP contribution is 2.22. The van der Waals surface area contributed by atoms with Crippen LogP contribution in [0.15, 0.2) is 18.2 Å². The Balaban J connectivity index is 2.20. The molecule has 2 aromatic rings. The van der Waals surface area contributed by atoms with Gasteiger partial charge in [-0.25, -0.2) is 9.59 Å². The molecule has 31 heavy (non-hydrogen) atoms. The quantitative estimate of drug-likeness (QED) is 0.453. The van der Waals surface area contributed by atoms with Gasteiger partial charge in [0.1, 0.15) is 0 Å². The van der Waals surface area contributed by atoms with Crippen molar-refractivity contribution in [3.63, 3.8) is 0 Å². The summed E-state index contributed by atoms with van der Waals surface area (Å²) >= 11 is 0. The van der Waals surface area contributed by atoms with E-state index in [1.165, 1.54) is 39.2 Å². The summed E-state index contributed by atoms with van der Waals surface area (Å²) in [5.41, 5.74) is 1.81. The van der Waals surface area contributed by atoms with E-state index in [4.69, 9.17) is 9.47 Å². The number of benzene rings is 1. The highest BCUT2D eigenvalue weighted by molar-refractivity contribution is 6.03. The van der Waals surface area contributed by atoms with E-state index in [1.807, 2.05) is 0 Å². The molecule has 0 aliphatic carbocycles. The molecule has 0 unspecified atom stereocenters. The number of ether oxygens (including phenoxy) is 2. The summed E-state index contributed by atoms with van der Waals surface area (Å²) in [4.78, 5) is 62.4. The maximum atomic E-state index is 12.5. The molecule has 1 heterocycles. The fraction of sp³-hybridized carbons (Fsp3) is 0.286. The molecule has 0 atom stereocenters. The highest BCUT2D eigenvalue weighted by Gasteiger charge is 2.23. The van der Waals surface area contributed by atoms with E-state index in [-0.39, 0.29) is 40.0 Å². The molecule has 10 nitrogen and oxygen atoms in total. The van der Waals surface area contributed by atoms with Crippen molar-refractivity contribution >= 4 is 40.9 Å². The van der Waals surface area contributed by atoms with Gasteiger partial charge in [0.15, 0.2) is 6.61 Å². The number of aromatic amines is 1. The van der Waals surface area contributed by atoms with Gasteiger partial charge >= 0.3 is 11.9 Å². The van der Waals surface area contributed by atoms with Crippen LogP contribution in [0.2, 0.25) is 0 Å². The van der Waals surface area contributed by atoms with E-state index in [2.05, 4.69) is 15.6 Å². The number of carbonyl (C=O) groups is 5.